The van der Waals surface area contributed by atoms with Gasteiger partial charge < -0.3 is 4.74 Å². The van der Waals surface area contributed by atoms with Crippen LogP contribution in [0.2, 0.25) is 0 Å². The summed E-state index contributed by atoms with van der Waals surface area (Å²) in [6, 6.07) is 11.6. The maximum Gasteiger partial charge on any atom is 0.337 e. The number of ether oxygens (including phenoxy) is 1. The van der Waals surface area contributed by atoms with E-state index in [2.05, 4.69) is 9.72 Å². The summed E-state index contributed by atoms with van der Waals surface area (Å²) in [5, 5.41) is 0.597. The average Bonchev–Trinajstić information content (AvgIpc) is 2.89. The van der Waals surface area contributed by atoms with Crippen LogP contribution < -0.4 is 0 Å². The summed E-state index contributed by atoms with van der Waals surface area (Å²) < 4.78 is 19.3. The molecule has 0 atom stereocenters. The van der Waals surface area contributed by atoms with E-state index >= 15 is 0 Å². The molecule has 20 heavy (non-hydrogen) atoms. The van der Waals surface area contributed by atoms with E-state index < -0.39 is 5.97 Å². The summed E-state index contributed by atoms with van der Waals surface area (Å²) in [4.78, 5) is 15.9. The number of halogens is 1. The molecule has 0 radical (unpaired) electrons. The Hall–Kier alpha value is -2.27. The van der Waals surface area contributed by atoms with E-state index in [1.807, 2.05) is 0 Å². The number of hydrogen-bond donors (Lipinski definition) is 0. The van der Waals surface area contributed by atoms with Gasteiger partial charge >= 0.3 is 5.97 Å². The van der Waals surface area contributed by atoms with Gasteiger partial charge in [-0.25, -0.2) is 14.2 Å². The first kappa shape index (κ1) is 12.7. The second-order valence-electron chi connectivity index (χ2n) is 4.17. The van der Waals surface area contributed by atoms with Gasteiger partial charge in [0, 0.05) is 5.56 Å². The lowest BCUT2D eigenvalue weighted by Gasteiger charge is -1.97. The zero-order valence-electron chi connectivity index (χ0n) is 10.6. The highest BCUT2D eigenvalue weighted by molar-refractivity contribution is 7.21. The van der Waals surface area contributed by atoms with Crippen LogP contribution in [0.1, 0.15) is 10.4 Å². The third-order valence-corrected chi connectivity index (χ3v) is 3.98. The number of benzene rings is 2. The normalized spacial score (nSPS) is 10.7. The molecule has 3 nitrogen and oxygen atoms in total. The molecule has 0 unspecified atom stereocenters. The number of esters is 1. The molecule has 3 rings (SSSR count). The van der Waals surface area contributed by atoms with Crippen molar-refractivity contribution in [2.45, 2.75) is 0 Å². The Balaban J connectivity index is 2.12. The second kappa shape index (κ2) is 5.02. The van der Waals surface area contributed by atoms with E-state index in [1.165, 1.54) is 24.5 Å². The number of hydrogen-bond acceptors (Lipinski definition) is 4. The van der Waals surface area contributed by atoms with Crippen LogP contribution in [0, 0.1) is 5.82 Å². The topological polar surface area (TPSA) is 39.2 Å². The van der Waals surface area contributed by atoms with Gasteiger partial charge in [0.2, 0.25) is 0 Å². The smallest absolute Gasteiger partial charge is 0.337 e. The van der Waals surface area contributed by atoms with E-state index in [4.69, 9.17) is 0 Å². The van der Waals surface area contributed by atoms with E-state index in [9.17, 15) is 9.18 Å². The quantitative estimate of drug-likeness (QED) is 0.671. The summed E-state index contributed by atoms with van der Waals surface area (Å²) in [7, 11) is 1.33. The van der Waals surface area contributed by atoms with E-state index in [1.54, 1.807) is 36.4 Å². The van der Waals surface area contributed by atoms with Gasteiger partial charge in [-0.2, -0.15) is 0 Å². The van der Waals surface area contributed by atoms with Crippen molar-refractivity contribution in [3.05, 3.63) is 53.8 Å². The second-order valence-corrected chi connectivity index (χ2v) is 5.20. The monoisotopic (exact) mass is 287 g/mol. The molecule has 0 bridgehead atoms. The Labute approximate surface area is 118 Å². The van der Waals surface area contributed by atoms with Crippen molar-refractivity contribution in [1.82, 2.24) is 4.98 Å². The molecule has 0 N–H and O–H groups in total. The number of aromatic nitrogens is 1. The van der Waals surface area contributed by atoms with Crippen LogP contribution in [0.5, 0.6) is 0 Å². The van der Waals surface area contributed by atoms with Crippen molar-refractivity contribution in [2.75, 3.05) is 7.11 Å². The first-order valence-corrected chi connectivity index (χ1v) is 6.74. The first-order chi connectivity index (χ1) is 9.69. The maximum atomic E-state index is 13.8. The lowest BCUT2D eigenvalue weighted by atomic mass is 10.2. The zero-order valence-corrected chi connectivity index (χ0v) is 11.4. The molecular weight excluding hydrogens is 277 g/mol. The predicted octanol–water partition coefficient (Wildman–Crippen LogP) is 3.89. The minimum Gasteiger partial charge on any atom is -0.465 e. The van der Waals surface area contributed by atoms with Crippen molar-refractivity contribution in [3.8, 4) is 10.6 Å². The Morgan fingerprint density at radius 1 is 1.25 bits per heavy atom. The Kier molecular flexibility index (Phi) is 3.20. The number of fused-ring (bicyclic) bond motifs is 1. The number of carbonyl (C=O) groups excluding carboxylic acids is 1. The summed E-state index contributed by atoms with van der Waals surface area (Å²) in [6.45, 7) is 0. The van der Waals surface area contributed by atoms with Gasteiger partial charge in [0.1, 0.15) is 10.8 Å². The van der Waals surface area contributed by atoms with Crippen LogP contribution in [-0.4, -0.2) is 18.1 Å². The molecule has 0 fully saturated rings. The molecule has 0 aliphatic carbocycles. The first-order valence-electron chi connectivity index (χ1n) is 5.93. The molecule has 0 spiro atoms. The number of nitrogens with zero attached hydrogens (tertiary/aromatic N) is 1. The van der Waals surface area contributed by atoms with Crippen molar-refractivity contribution in [1.29, 1.82) is 0 Å². The largest absolute Gasteiger partial charge is 0.465 e. The third kappa shape index (κ3) is 2.16. The molecule has 3 aromatic rings. The maximum absolute atomic E-state index is 13.8. The van der Waals surface area contributed by atoms with Crippen molar-refractivity contribution < 1.29 is 13.9 Å². The van der Waals surface area contributed by atoms with Crippen molar-refractivity contribution in [2.24, 2.45) is 0 Å². The summed E-state index contributed by atoms with van der Waals surface area (Å²) in [6.07, 6.45) is 0. The van der Waals surface area contributed by atoms with Crippen molar-refractivity contribution in [3.63, 3.8) is 0 Å². The molecule has 0 aliphatic rings. The molecule has 1 aromatic heterocycles. The van der Waals surface area contributed by atoms with Gasteiger partial charge in [-0.05, 0) is 30.3 Å². The van der Waals surface area contributed by atoms with Crippen LogP contribution in [0.15, 0.2) is 42.5 Å². The molecule has 100 valence electrons. The number of methoxy groups -OCH3 is 1. The molecule has 0 saturated carbocycles. The predicted molar refractivity (Wildman–Crippen MR) is 76.4 cm³/mol. The summed E-state index contributed by atoms with van der Waals surface area (Å²) >= 11 is 1.39. The van der Waals surface area contributed by atoms with Crippen LogP contribution >= 0.6 is 11.3 Å². The summed E-state index contributed by atoms with van der Waals surface area (Å²) in [5.74, 6) is -0.716. The van der Waals surface area contributed by atoms with Crippen LogP contribution in [-0.2, 0) is 4.74 Å². The molecule has 0 saturated heterocycles. The molecule has 5 heteroatoms. The minimum atomic E-state index is -0.410. The Bertz CT molecular complexity index is 797. The molecule has 1 heterocycles. The number of thiazole rings is 1. The average molecular weight is 287 g/mol. The molecule has 0 amide bonds. The van der Waals surface area contributed by atoms with Crippen LogP contribution in [0.3, 0.4) is 0 Å². The van der Waals surface area contributed by atoms with Crippen molar-refractivity contribution >= 4 is 27.5 Å². The van der Waals surface area contributed by atoms with Crippen LogP contribution in [0.4, 0.5) is 4.39 Å². The standard InChI is InChI=1S/C15H10FNO2S/c1-19-15(18)9-6-7-13-12(8-9)17-14(20-13)10-4-2-3-5-11(10)16/h2-8H,1H3. The highest BCUT2D eigenvalue weighted by Gasteiger charge is 2.12. The van der Waals surface area contributed by atoms with Gasteiger partial charge in [-0.1, -0.05) is 12.1 Å². The van der Waals surface area contributed by atoms with Gasteiger partial charge in [0.25, 0.3) is 0 Å². The minimum absolute atomic E-state index is 0.306. The Morgan fingerprint density at radius 2 is 2.05 bits per heavy atom. The molecular formula is C15H10FNO2S. The lowest BCUT2D eigenvalue weighted by molar-refractivity contribution is 0.0601. The molecule has 0 aliphatic heterocycles. The highest BCUT2D eigenvalue weighted by atomic mass is 32.1. The van der Waals surface area contributed by atoms with Crippen LogP contribution in [0.25, 0.3) is 20.8 Å². The van der Waals surface area contributed by atoms with E-state index in [-0.39, 0.29) is 5.82 Å². The van der Waals surface area contributed by atoms with Gasteiger partial charge in [0.05, 0.1) is 22.9 Å². The SMILES string of the molecule is COC(=O)c1ccc2sc(-c3ccccc3F)nc2c1. The zero-order chi connectivity index (χ0) is 14.1. The van der Waals surface area contributed by atoms with E-state index in [0.29, 0.717) is 21.7 Å². The number of carbonyl (C=O) groups is 1. The fourth-order valence-electron chi connectivity index (χ4n) is 1.92. The Morgan fingerprint density at radius 3 is 2.80 bits per heavy atom. The number of rotatable bonds is 2. The fraction of sp³-hybridized carbons (Fsp3) is 0.0667. The third-order valence-electron chi connectivity index (χ3n) is 2.91. The highest BCUT2D eigenvalue weighted by Crippen LogP contribution is 2.32. The fourth-order valence-corrected chi connectivity index (χ4v) is 2.90. The van der Waals surface area contributed by atoms with E-state index in [0.717, 1.165) is 4.70 Å². The van der Waals surface area contributed by atoms with Gasteiger partial charge in [-0.3, -0.25) is 0 Å². The lowest BCUT2D eigenvalue weighted by Crippen LogP contribution is -2.00. The molecule has 2 aromatic carbocycles. The van der Waals surface area contributed by atoms with Gasteiger partial charge in [-0.15, -0.1) is 11.3 Å². The summed E-state index contributed by atoms with van der Waals surface area (Å²) in [5.41, 5.74) is 1.56. The van der Waals surface area contributed by atoms with Gasteiger partial charge in [0.15, 0.2) is 0 Å².